The van der Waals surface area contributed by atoms with Crippen molar-refractivity contribution >= 4 is 32.8 Å². The summed E-state index contributed by atoms with van der Waals surface area (Å²) < 4.78 is 10.6. The number of carbonyl (C=O) groups excluding carboxylic acids is 1. The van der Waals surface area contributed by atoms with E-state index in [0.717, 1.165) is 4.57 Å². The maximum Gasteiger partial charge on any atom is 0.422 e. The van der Waals surface area contributed by atoms with Gasteiger partial charge in [0, 0.05) is 4.47 Å². The van der Waals surface area contributed by atoms with Crippen LogP contribution in [0.3, 0.4) is 0 Å². The highest BCUT2D eigenvalue weighted by molar-refractivity contribution is 9.10. The number of aromatic nitrogens is 1. The van der Waals surface area contributed by atoms with E-state index in [9.17, 15) is 14.4 Å². The molecule has 7 heteroatoms. The molecule has 0 amide bonds. The van der Waals surface area contributed by atoms with E-state index >= 15 is 0 Å². The van der Waals surface area contributed by atoms with E-state index in [0.29, 0.717) is 9.99 Å². The Hall–Kier alpha value is -1.89. The van der Waals surface area contributed by atoms with Crippen LogP contribution >= 0.6 is 15.9 Å². The molecule has 94 valence electrons. The van der Waals surface area contributed by atoms with Crippen molar-refractivity contribution in [3.63, 3.8) is 0 Å². The minimum Gasteiger partial charge on any atom is -0.468 e. The van der Waals surface area contributed by atoms with Crippen LogP contribution in [0.15, 0.2) is 36.7 Å². The third-order valence-corrected chi connectivity index (χ3v) is 3.06. The Kier molecular flexibility index (Phi) is 3.33. The number of esters is 1. The first-order chi connectivity index (χ1) is 8.54. The molecule has 1 aromatic heterocycles. The number of carbonyl (C=O) groups is 1. The zero-order valence-electron chi connectivity index (χ0n) is 9.31. The lowest BCUT2D eigenvalue weighted by atomic mass is 10.2. The summed E-state index contributed by atoms with van der Waals surface area (Å²) in [5.74, 6) is -1.50. The summed E-state index contributed by atoms with van der Waals surface area (Å²) in [7, 11) is 1.21. The Labute approximate surface area is 109 Å². The van der Waals surface area contributed by atoms with Crippen molar-refractivity contribution in [1.29, 1.82) is 0 Å². The van der Waals surface area contributed by atoms with Crippen molar-refractivity contribution in [2.45, 2.75) is 6.54 Å². The number of rotatable bonds is 2. The number of hydrogen-bond acceptors (Lipinski definition) is 5. The zero-order chi connectivity index (χ0) is 13.3. The van der Waals surface area contributed by atoms with Gasteiger partial charge in [0.05, 0.1) is 18.0 Å². The maximum atomic E-state index is 11.6. The fourth-order valence-electron chi connectivity index (χ4n) is 1.57. The number of hydrogen-bond donors (Lipinski definition) is 0. The van der Waals surface area contributed by atoms with E-state index in [-0.39, 0.29) is 11.9 Å². The first-order valence-corrected chi connectivity index (χ1v) is 5.73. The van der Waals surface area contributed by atoms with Crippen LogP contribution in [0.2, 0.25) is 0 Å². The van der Waals surface area contributed by atoms with Gasteiger partial charge in [0.25, 0.3) is 0 Å². The third-order valence-electron chi connectivity index (χ3n) is 2.40. The second kappa shape index (κ2) is 4.77. The number of methoxy groups -OCH3 is 1. The van der Waals surface area contributed by atoms with Gasteiger partial charge >= 0.3 is 17.4 Å². The smallest absolute Gasteiger partial charge is 0.422 e. The number of fused-ring (bicyclic) bond motifs is 1. The van der Waals surface area contributed by atoms with E-state index in [1.807, 2.05) is 0 Å². The van der Waals surface area contributed by atoms with Gasteiger partial charge in [0.2, 0.25) is 0 Å². The minimum atomic E-state index is -0.893. The lowest BCUT2D eigenvalue weighted by Crippen LogP contribution is -2.28. The highest BCUT2D eigenvalue weighted by atomic mass is 79.9. The van der Waals surface area contributed by atoms with Crippen molar-refractivity contribution in [2.24, 2.45) is 0 Å². The second-order valence-electron chi connectivity index (χ2n) is 3.45. The Bertz CT molecular complexity index is 730. The molecule has 0 aliphatic heterocycles. The first-order valence-electron chi connectivity index (χ1n) is 4.93. The molecule has 0 atom stereocenters. The van der Waals surface area contributed by atoms with Gasteiger partial charge in [-0.25, -0.2) is 9.59 Å². The molecule has 2 rings (SSSR count). The lowest BCUT2D eigenvalue weighted by molar-refractivity contribution is -0.141. The van der Waals surface area contributed by atoms with Crippen molar-refractivity contribution in [2.75, 3.05) is 7.11 Å². The van der Waals surface area contributed by atoms with Gasteiger partial charge in [-0.3, -0.25) is 9.36 Å². The molecule has 0 fully saturated rings. The molecular formula is C11H8BrNO5. The Morgan fingerprint density at radius 1 is 1.44 bits per heavy atom. The SMILES string of the molecule is COC(=O)Cn1c(=O)oc(=O)c2c(Br)cccc21. The molecule has 0 radical (unpaired) electrons. The van der Waals surface area contributed by atoms with Gasteiger partial charge in [-0.15, -0.1) is 0 Å². The van der Waals surface area contributed by atoms with E-state index in [1.165, 1.54) is 7.11 Å². The standard InChI is InChI=1S/C11H8BrNO5/c1-17-8(14)5-13-7-4-2-3-6(12)9(7)10(15)18-11(13)16/h2-4H,5H2,1H3. The summed E-state index contributed by atoms with van der Waals surface area (Å²) >= 11 is 3.20. The average Bonchev–Trinajstić information content (AvgIpc) is 2.33. The van der Waals surface area contributed by atoms with Gasteiger partial charge in [0.1, 0.15) is 6.54 Å². The fraction of sp³-hybridized carbons (Fsp3) is 0.182. The van der Waals surface area contributed by atoms with Gasteiger partial charge in [-0.1, -0.05) is 6.07 Å². The second-order valence-corrected chi connectivity index (χ2v) is 4.31. The molecule has 0 unspecified atom stereocenters. The van der Waals surface area contributed by atoms with Gasteiger partial charge in [-0.2, -0.15) is 0 Å². The van der Waals surface area contributed by atoms with Crippen LogP contribution < -0.4 is 11.4 Å². The minimum absolute atomic E-state index is 0.209. The number of ether oxygens (including phenoxy) is 1. The van der Waals surface area contributed by atoms with Crippen LogP contribution in [0.25, 0.3) is 10.9 Å². The van der Waals surface area contributed by atoms with E-state index in [1.54, 1.807) is 18.2 Å². The molecule has 0 saturated heterocycles. The maximum absolute atomic E-state index is 11.6. The van der Waals surface area contributed by atoms with Crippen LogP contribution in [-0.4, -0.2) is 17.6 Å². The Morgan fingerprint density at radius 3 is 2.83 bits per heavy atom. The normalized spacial score (nSPS) is 10.6. The molecule has 1 heterocycles. The molecule has 0 bridgehead atoms. The quantitative estimate of drug-likeness (QED) is 0.769. The van der Waals surface area contributed by atoms with Gasteiger partial charge < -0.3 is 9.15 Å². The third kappa shape index (κ3) is 2.08. The lowest BCUT2D eigenvalue weighted by Gasteiger charge is -2.07. The number of benzene rings is 1. The largest absolute Gasteiger partial charge is 0.468 e. The van der Waals surface area contributed by atoms with Gasteiger partial charge in [0.15, 0.2) is 0 Å². The average molecular weight is 314 g/mol. The Morgan fingerprint density at radius 2 is 2.17 bits per heavy atom. The summed E-state index contributed by atoms with van der Waals surface area (Å²) in [6.45, 7) is -0.313. The van der Waals surface area contributed by atoms with E-state index in [2.05, 4.69) is 25.1 Å². The van der Waals surface area contributed by atoms with Crippen molar-refractivity contribution in [3.05, 3.63) is 43.6 Å². The highest BCUT2D eigenvalue weighted by Crippen LogP contribution is 2.19. The van der Waals surface area contributed by atoms with Crippen LogP contribution in [0.5, 0.6) is 0 Å². The van der Waals surface area contributed by atoms with Crippen LogP contribution in [0.4, 0.5) is 0 Å². The summed E-state index contributed by atoms with van der Waals surface area (Å²) in [6.07, 6.45) is 0. The van der Waals surface area contributed by atoms with Crippen molar-refractivity contribution in [3.8, 4) is 0 Å². The molecule has 1 aromatic carbocycles. The molecule has 2 aromatic rings. The first kappa shape index (κ1) is 12.6. The molecule has 0 aliphatic rings. The molecule has 0 spiro atoms. The summed E-state index contributed by atoms with van der Waals surface area (Å²) in [4.78, 5) is 34.4. The molecule has 0 N–H and O–H groups in total. The highest BCUT2D eigenvalue weighted by Gasteiger charge is 2.14. The molecular weight excluding hydrogens is 306 g/mol. The van der Waals surface area contributed by atoms with E-state index < -0.39 is 17.4 Å². The topological polar surface area (TPSA) is 78.5 Å². The number of halogens is 1. The molecule has 6 nitrogen and oxygen atoms in total. The molecule has 0 saturated carbocycles. The zero-order valence-corrected chi connectivity index (χ0v) is 10.9. The van der Waals surface area contributed by atoms with Crippen LogP contribution in [-0.2, 0) is 16.1 Å². The van der Waals surface area contributed by atoms with E-state index in [4.69, 9.17) is 0 Å². The van der Waals surface area contributed by atoms with Crippen molar-refractivity contribution < 1.29 is 13.9 Å². The summed E-state index contributed by atoms with van der Waals surface area (Å²) in [5.41, 5.74) is -0.431. The fourth-order valence-corrected chi connectivity index (χ4v) is 2.08. The van der Waals surface area contributed by atoms with Crippen LogP contribution in [0.1, 0.15) is 0 Å². The Balaban J connectivity index is 2.81. The van der Waals surface area contributed by atoms with Crippen molar-refractivity contribution in [1.82, 2.24) is 4.57 Å². The predicted molar refractivity (Wildman–Crippen MR) is 66.5 cm³/mol. The number of nitrogens with zero attached hydrogens (tertiary/aromatic N) is 1. The van der Waals surface area contributed by atoms with Crippen LogP contribution in [0, 0.1) is 0 Å². The molecule has 0 aliphatic carbocycles. The summed E-state index contributed by atoms with van der Waals surface area (Å²) in [6, 6.07) is 4.85. The van der Waals surface area contributed by atoms with Gasteiger partial charge in [-0.05, 0) is 28.1 Å². The predicted octanol–water partition coefficient (Wildman–Crippen LogP) is 0.890. The monoisotopic (exact) mass is 313 g/mol. The molecule has 18 heavy (non-hydrogen) atoms. The summed E-state index contributed by atoms with van der Waals surface area (Å²) in [5, 5.41) is 0.209.